The number of amides is 1. The van der Waals surface area contributed by atoms with Crippen molar-refractivity contribution in [1.29, 1.82) is 0 Å². The number of hydrogen-bond donors (Lipinski definition) is 1. The molecule has 1 aliphatic rings. The molecular formula is C27H25N3O4. The lowest BCUT2D eigenvalue weighted by Gasteiger charge is -2.17. The number of rotatable bonds is 7. The van der Waals surface area contributed by atoms with E-state index in [2.05, 4.69) is 4.98 Å². The van der Waals surface area contributed by atoms with E-state index in [1.807, 2.05) is 72.2 Å². The van der Waals surface area contributed by atoms with Crippen LogP contribution in [0.2, 0.25) is 0 Å². The maximum absolute atomic E-state index is 12.7. The van der Waals surface area contributed by atoms with Gasteiger partial charge in [0, 0.05) is 48.3 Å². The maximum atomic E-state index is 12.7. The summed E-state index contributed by atoms with van der Waals surface area (Å²) in [7, 11) is 0. The van der Waals surface area contributed by atoms with Crippen LogP contribution in [-0.4, -0.2) is 39.7 Å². The zero-order chi connectivity index (χ0) is 23.7. The SMILES string of the molecule is CCOc1cccc(-c2nccc3c2cc(C(=O)O)n3CC2CC(=O)N(c3ccccc3)C2)c1. The molecule has 1 atom stereocenters. The van der Waals surface area contributed by atoms with Gasteiger partial charge in [0.1, 0.15) is 11.4 Å². The second-order valence-electron chi connectivity index (χ2n) is 8.41. The number of anilines is 1. The summed E-state index contributed by atoms with van der Waals surface area (Å²) < 4.78 is 7.44. The Bertz CT molecular complexity index is 1360. The fraction of sp³-hybridized carbons (Fsp3) is 0.222. The first-order valence-corrected chi connectivity index (χ1v) is 11.4. The topological polar surface area (TPSA) is 84.7 Å². The molecule has 4 aromatic rings. The van der Waals surface area contributed by atoms with Gasteiger partial charge in [-0.05, 0) is 43.3 Å². The first kappa shape index (κ1) is 21.7. The van der Waals surface area contributed by atoms with Crippen molar-refractivity contribution < 1.29 is 19.4 Å². The van der Waals surface area contributed by atoms with E-state index in [0.29, 0.717) is 31.8 Å². The number of aromatic carboxylic acids is 1. The molecule has 1 N–H and O–H groups in total. The van der Waals surface area contributed by atoms with Crippen LogP contribution >= 0.6 is 0 Å². The molecule has 0 radical (unpaired) electrons. The van der Waals surface area contributed by atoms with Crippen LogP contribution in [0.5, 0.6) is 5.75 Å². The van der Waals surface area contributed by atoms with Crippen molar-refractivity contribution in [2.75, 3.05) is 18.1 Å². The van der Waals surface area contributed by atoms with Crippen LogP contribution in [0.1, 0.15) is 23.8 Å². The van der Waals surface area contributed by atoms with Crippen LogP contribution in [-0.2, 0) is 11.3 Å². The number of ether oxygens (including phenoxy) is 1. The third kappa shape index (κ3) is 4.01. The number of para-hydroxylation sites is 1. The van der Waals surface area contributed by atoms with Crippen molar-refractivity contribution in [3.05, 3.63) is 78.6 Å². The molecule has 0 saturated carbocycles. The van der Waals surface area contributed by atoms with E-state index in [1.165, 1.54) is 0 Å². The van der Waals surface area contributed by atoms with Crippen molar-refractivity contribution >= 4 is 28.5 Å². The molecule has 2 aromatic carbocycles. The van der Waals surface area contributed by atoms with Crippen molar-refractivity contribution in [2.45, 2.75) is 19.9 Å². The monoisotopic (exact) mass is 455 g/mol. The average molecular weight is 456 g/mol. The summed E-state index contributed by atoms with van der Waals surface area (Å²) in [5.74, 6) is -0.212. The van der Waals surface area contributed by atoms with E-state index < -0.39 is 5.97 Å². The molecule has 34 heavy (non-hydrogen) atoms. The molecule has 7 nitrogen and oxygen atoms in total. The van der Waals surface area contributed by atoms with E-state index in [9.17, 15) is 14.7 Å². The van der Waals surface area contributed by atoms with E-state index in [0.717, 1.165) is 27.9 Å². The number of pyridine rings is 1. The molecule has 172 valence electrons. The van der Waals surface area contributed by atoms with Crippen LogP contribution in [0.25, 0.3) is 22.2 Å². The Morgan fingerprint density at radius 3 is 2.71 bits per heavy atom. The van der Waals surface area contributed by atoms with Crippen molar-refractivity contribution in [3.8, 4) is 17.0 Å². The number of carboxylic acid groups (broad SMARTS) is 1. The van der Waals surface area contributed by atoms with Crippen LogP contribution in [0.4, 0.5) is 5.69 Å². The first-order chi connectivity index (χ1) is 16.5. The van der Waals surface area contributed by atoms with Gasteiger partial charge in [-0.25, -0.2) is 4.79 Å². The molecule has 3 heterocycles. The minimum Gasteiger partial charge on any atom is -0.494 e. The Morgan fingerprint density at radius 2 is 1.94 bits per heavy atom. The molecule has 0 bridgehead atoms. The zero-order valence-electron chi connectivity index (χ0n) is 18.8. The largest absolute Gasteiger partial charge is 0.494 e. The Labute approximate surface area is 197 Å². The van der Waals surface area contributed by atoms with Gasteiger partial charge >= 0.3 is 5.97 Å². The summed E-state index contributed by atoms with van der Waals surface area (Å²) in [5, 5.41) is 10.7. The van der Waals surface area contributed by atoms with Gasteiger partial charge in [-0.15, -0.1) is 0 Å². The molecule has 1 fully saturated rings. The Hall–Kier alpha value is -4.13. The number of carboxylic acids is 1. The van der Waals surface area contributed by atoms with Gasteiger partial charge in [0.2, 0.25) is 5.91 Å². The second kappa shape index (κ2) is 9.02. The summed E-state index contributed by atoms with van der Waals surface area (Å²) in [6, 6.07) is 20.7. The third-order valence-electron chi connectivity index (χ3n) is 6.18. The molecule has 0 aliphatic carbocycles. The Morgan fingerprint density at radius 1 is 1.12 bits per heavy atom. The number of hydrogen-bond acceptors (Lipinski definition) is 4. The van der Waals surface area contributed by atoms with Crippen LogP contribution in [0.15, 0.2) is 72.9 Å². The molecule has 1 saturated heterocycles. The highest BCUT2D eigenvalue weighted by Crippen LogP contribution is 2.33. The minimum atomic E-state index is -1.01. The number of benzene rings is 2. The lowest BCUT2D eigenvalue weighted by molar-refractivity contribution is -0.117. The lowest BCUT2D eigenvalue weighted by atomic mass is 10.1. The molecular weight excluding hydrogens is 430 g/mol. The highest BCUT2D eigenvalue weighted by molar-refractivity contribution is 6.00. The Balaban J connectivity index is 1.51. The van der Waals surface area contributed by atoms with Gasteiger partial charge in [0.25, 0.3) is 0 Å². The summed E-state index contributed by atoms with van der Waals surface area (Å²) in [6.07, 6.45) is 2.07. The quantitative estimate of drug-likeness (QED) is 0.431. The lowest BCUT2D eigenvalue weighted by Crippen LogP contribution is -2.25. The number of fused-ring (bicyclic) bond motifs is 1. The van der Waals surface area contributed by atoms with Gasteiger partial charge in [-0.3, -0.25) is 9.78 Å². The van der Waals surface area contributed by atoms with Gasteiger partial charge < -0.3 is 19.3 Å². The normalized spacial score (nSPS) is 15.7. The summed E-state index contributed by atoms with van der Waals surface area (Å²) in [4.78, 5) is 31.2. The van der Waals surface area contributed by atoms with Gasteiger partial charge in [0.15, 0.2) is 0 Å². The smallest absolute Gasteiger partial charge is 0.352 e. The van der Waals surface area contributed by atoms with E-state index >= 15 is 0 Å². The van der Waals surface area contributed by atoms with Gasteiger partial charge in [0.05, 0.1) is 17.8 Å². The molecule has 1 aliphatic heterocycles. The Kier molecular flexibility index (Phi) is 5.76. The average Bonchev–Trinajstić information content (AvgIpc) is 3.40. The van der Waals surface area contributed by atoms with E-state index in [4.69, 9.17) is 4.74 Å². The van der Waals surface area contributed by atoms with Crippen molar-refractivity contribution in [3.63, 3.8) is 0 Å². The standard InChI is InChI=1S/C27H25N3O4/c1-2-34-21-10-6-7-19(14-21)26-22-15-24(27(32)33)30(23(22)11-12-28-26)17-18-13-25(31)29(16-18)20-8-4-3-5-9-20/h3-12,14-15,18H,2,13,16-17H2,1H3,(H,32,33). The molecule has 1 unspecified atom stereocenters. The minimum absolute atomic E-state index is 0.000645. The van der Waals surface area contributed by atoms with Crippen molar-refractivity contribution in [1.82, 2.24) is 9.55 Å². The third-order valence-corrected chi connectivity index (χ3v) is 6.18. The number of carbonyl (C=O) groups excluding carboxylic acids is 1. The van der Waals surface area contributed by atoms with Crippen LogP contribution in [0, 0.1) is 5.92 Å². The summed E-state index contributed by atoms with van der Waals surface area (Å²) >= 11 is 0. The molecule has 7 heteroatoms. The van der Waals surface area contributed by atoms with Gasteiger partial charge in [-0.2, -0.15) is 0 Å². The highest BCUT2D eigenvalue weighted by atomic mass is 16.5. The number of aromatic nitrogens is 2. The molecule has 0 spiro atoms. The fourth-order valence-electron chi connectivity index (χ4n) is 4.71. The second-order valence-corrected chi connectivity index (χ2v) is 8.41. The van der Waals surface area contributed by atoms with Crippen LogP contribution < -0.4 is 9.64 Å². The zero-order valence-corrected chi connectivity index (χ0v) is 18.8. The number of nitrogens with zero attached hydrogens (tertiary/aromatic N) is 3. The van der Waals surface area contributed by atoms with Crippen molar-refractivity contribution in [2.24, 2.45) is 5.92 Å². The molecule has 5 rings (SSSR count). The molecule has 1 amide bonds. The van der Waals surface area contributed by atoms with E-state index in [-0.39, 0.29) is 17.5 Å². The fourth-order valence-corrected chi connectivity index (χ4v) is 4.71. The van der Waals surface area contributed by atoms with Crippen LogP contribution in [0.3, 0.4) is 0 Å². The predicted molar refractivity (Wildman–Crippen MR) is 130 cm³/mol. The number of carbonyl (C=O) groups is 2. The summed E-state index contributed by atoms with van der Waals surface area (Å²) in [5.41, 5.74) is 3.41. The predicted octanol–water partition coefficient (Wildman–Crippen LogP) is 4.85. The highest BCUT2D eigenvalue weighted by Gasteiger charge is 2.32. The first-order valence-electron chi connectivity index (χ1n) is 11.4. The van der Waals surface area contributed by atoms with Gasteiger partial charge in [-0.1, -0.05) is 30.3 Å². The molecule has 2 aromatic heterocycles. The maximum Gasteiger partial charge on any atom is 0.352 e. The summed E-state index contributed by atoms with van der Waals surface area (Å²) in [6.45, 7) is 3.47. The van der Waals surface area contributed by atoms with E-state index in [1.54, 1.807) is 17.2 Å².